The molecule has 2 heteroatoms. The summed E-state index contributed by atoms with van der Waals surface area (Å²) in [5.41, 5.74) is 16.4. The Morgan fingerprint density at radius 2 is 1.00 bits per heavy atom. The molecule has 0 atom stereocenters. The van der Waals surface area contributed by atoms with Gasteiger partial charge in [0, 0.05) is 0 Å². The van der Waals surface area contributed by atoms with Crippen molar-refractivity contribution in [3.8, 4) is 0 Å². The minimum absolute atomic E-state index is 0.511. The molecule has 0 aliphatic rings. The third kappa shape index (κ3) is 4.42. The maximum atomic E-state index is 5.60. The number of rotatable bonds is 9. The Bertz CT molecular complexity index is 568. The number of allylic oxidation sites excluding steroid dienone is 6. The van der Waals surface area contributed by atoms with Crippen LogP contribution in [0, 0.1) is 0 Å². The molecule has 0 aromatic carbocycles. The van der Waals surface area contributed by atoms with Gasteiger partial charge in [-0.05, 0) is 51.0 Å². The van der Waals surface area contributed by atoms with Crippen molar-refractivity contribution in [2.75, 3.05) is 0 Å². The second-order valence-electron chi connectivity index (χ2n) is 4.88. The number of nitrogens with two attached hydrogens (primary N) is 2. The minimum atomic E-state index is -0.687. The van der Waals surface area contributed by atoms with Crippen molar-refractivity contribution in [3.63, 3.8) is 0 Å². The highest BCUT2D eigenvalue weighted by molar-refractivity contribution is 5.66. The van der Waals surface area contributed by atoms with Crippen LogP contribution in [0.4, 0.5) is 0 Å². The average Bonchev–Trinajstić information content (AvgIpc) is 2.48. The molecule has 0 aromatic rings. The molecule has 112 valence electrons. The molecule has 0 rings (SSSR count). The van der Waals surface area contributed by atoms with E-state index in [9.17, 15) is 0 Å². The first-order valence-electron chi connectivity index (χ1n) is 6.59. The first kappa shape index (κ1) is 18.8. The summed E-state index contributed by atoms with van der Waals surface area (Å²) in [5.74, 6) is 0. The van der Waals surface area contributed by atoms with Crippen molar-refractivity contribution in [1.29, 1.82) is 0 Å². The predicted octanol–water partition coefficient (Wildman–Crippen LogP) is 4.09. The normalized spacial score (nSPS) is 9.90. The average molecular weight is 282 g/mol. The summed E-state index contributed by atoms with van der Waals surface area (Å²) in [7, 11) is 0. The van der Waals surface area contributed by atoms with Gasteiger partial charge in [-0.15, -0.1) is 0 Å². The van der Waals surface area contributed by atoms with Crippen LogP contribution in [0.3, 0.4) is 0 Å². The van der Waals surface area contributed by atoms with E-state index in [0.717, 1.165) is 17.6 Å². The van der Waals surface area contributed by atoms with Gasteiger partial charge in [-0.2, -0.15) is 0 Å². The molecule has 0 fully saturated rings. The van der Waals surface area contributed by atoms with Gasteiger partial charge in [0.25, 0.3) is 0 Å². The predicted molar refractivity (Wildman–Crippen MR) is 95.6 cm³/mol. The molecule has 0 radical (unpaired) electrons. The van der Waals surface area contributed by atoms with Crippen LogP contribution in [-0.2, 0) is 0 Å². The maximum Gasteiger partial charge on any atom is 0.0784 e. The fraction of sp³-hybridized carbons (Fsp3) is 0.158. The van der Waals surface area contributed by atoms with E-state index in [-0.39, 0.29) is 0 Å². The van der Waals surface area contributed by atoms with Crippen LogP contribution in [0.15, 0.2) is 97.2 Å². The van der Waals surface area contributed by atoms with Gasteiger partial charge in [0.1, 0.15) is 0 Å². The van der Waals surface area contributed by atoms with Crippen molar-refractivity contribution in [3.05, 3.63) is 97.2 Å². The zero-order valence-electron chi connectivity index (χ0n) is 13.1. The Morgan fingerprint density at radius 1 is 0.667 bits per heavy atom. The summed E-state index contributed by atoms with van der Waals surface area (Å²) >= 11 is 0. The molecule has 0 bridgehead atoms. The van der Waals surface area contributed by atoms with Gasteiger partial charge in [0.05, 0.1) is 6.17 Å². The molecule has 0 aromatic heterocycles. The second-order valence-corrected chi connectivity index (χ2v) is 4.88. The third-order valence-electron chi connectivity index (χ3n) is 3.46. The molecule has 2 nitrogen and oxygen atoms in total. The van der Waals surface area contributed by atoms with E-state index in [0.29, 0.717) is 33.4 Å². The van der Waals surface area contributed by atoms with Crippen LogP contribution in [0.25, 0.3) is 0 Å². The smallest absolute Gasteiger partial charge is 0.0784 e. The van der Waals surface area contributed by atoms with E-state index in [1.54, 1.807) is 0 Å². The highest BCUT2D eigenvalue weighted by Crippen LogP contribution is 2.32. The van der Waals surface area contributed by atoms with Crippen molar-refractivity contribution in [2.45, 2.75) is 19.5 Å². The van der Waals surface area contributed by atoms with Crippen molar-refractivity contribution < 1.29 is 0 Å². The Balaban J connectivity index is 5.15. The lowest BCUT2D eigenvalue weighted by Gasteiger charge is -2.20. The first-order chi connectivity index (χ1) is 9.56. The summed E-state index contributed by atoms with van der Waals surface area (Å²) in [6.45, 7) is 33.6. The summed E-state index contributed by atoms with van der Waals surface area (Å²) < 4.78 is 0. The molecular formula is C19H26N2. The van der Waals surface area contributed by atoms with E-state index >= 15 is 0 Å². The maximum absolute atomic E-state index is 5.60. The molecule has 4 N–H and O–H groups in total. The lowest BCUT2D eigenvalue weighted by atomic mass is 9.85. The van der Waals surface area contributed by atoms with Gasteiger partial charge in [-0.25, -0.2) is 0 Å². The molecule has 0 aliphatic carbocycles. The molecule has 0 unspecified atom stereocenters. The van der Waals surface area contributed by atoms with Gasteiger partial charge >= 0.3 is 0 Å². The van der Waals surface area contributed by atoms with Gasteiger partial charge in [0.15, 0.2) is 0 Å². The Kier molecular flexibility index (Phi) is 6.80. The molecule has 21 heavy (non-hydrogen) atoms. The van der Waals surface area contributed by atoms with Crippen LogP contribution >= 0.6 is 0 Å². The van der Waals surface area contributed by atoms with Crippen LogP contribution in [-0.4, -0.2) is 6.17 Å². The van der Waals surface area contributed by atoms with E-state index in [1.165, 1.54) is 0 Å². The topological polar surface area (TPSA) is 52.0 Å². The largest absolute Gasteiger partial charge is 0.312 e. The summed E-state index contributed by atoms with van der Waals surface area (Å²) in [6, 6.07) is 0. The zero-order chi connectivity index (χ0) is 16.9. The van der Waals surface area contributed by atoms with E-state index < -0.39 is 6.17 Å². The lowest BCUT2D eigenvalue weighted by Crippen LogP contribution is -2.33. The second kappa shape index (κ2) is 7.58. The summed E-state index contributed by atoms with van der Waals surface area (Å²) in [6.07, 6.45) is 0.109. The Labute approximate surface area is 128 Å². The SMILES string of the molecule is C=C(CC)C(=C)C(=C)C(=C)C(=C)C(=C)C(=C)C(=C)C(N)N. The number of hydrogen-bond acceptors (Lipinski definition) is 2. The number of hydrogen-bond donors (Lipinski definition) is 2. The quantitative estimate of drug-likeness (QED) is 0.494. The van der Waals surface area contributed by atoms with E-state index in [1.807, 2.05) is 6.92 Å². The monoisotopic (exact) mass is 282 g/mol. The molecule has 0 amide bonds. The fourth-order valence-corrected chi connectivity index (χ4v) is 1.55. The molecule has 0 aliphatic heterocycles. The lowest BCUT2D eigenvalue weighted by molar-refractivity contribution is 0.832. The van der Waals surface area contributed by atoms with Crippen LogP contribution in [0.2, 0.25) is 0 Å². The van der Waals surface area contributed by atoms with Gasteiger partial charge < -0.3 is 11.5 Å². The standard InChI is InChI=1S/C19H26N2/c1-10-11(2)12(3)13(4)14(5)15(6)16(7)17(8)18(9)19(20)21/h19H,2-10,20-21H2,1H3. The van der Waals surface area contributed by atoms with E-state index in [2.05, 4.69) is 52.6 Å². The molecule has 0 heterocycles. The molecular weight excluding hydrogens is 256 g/mol. The Hall–Kier alpha value is -2.16. The van der Waals surface area contributed by atoms with Crippen LogP contribution in [0.1, 0.15) is 13.3 Å². The first-order valence-corrected chi connectivity index (χ1v) is 6.59. The van der Waals surface area contributed by atoms with Gasteiger partial charge in [0.2, 0.25) is 0 Å². The van der Waals surface area contributed by atoms with Crippen LogP contribution in [0.5, 0.6) is 0 Å². The summed E-state index contributed by atoms with van der Waals surface area (Å²) in [4.78, 5) is 0. The molecule has 0 saturated heterocycles. The minimum Gasteiger partial charge on any atom is -0.312 e. The highest BCUT2D eigenvalue weighted by Gasteiger charge is 2.16. The zero-order valence-corrected chi connectivity index (χ0v) is 13.1. The highest BCUT2D eigenvalue weighted by atomic mass is 14.8. The van der Waals surface area contributed by atoms with Crippen LogP contribution < -0.4 is 11.5 Å². The van der Waals surface area contributed by atoms with Crippen molar-refractivity contribution >= 4 is 0 Å². The molecule has 0 spiro atoms. The summed E-state index contributed by atoms with van der Waals surface area (Å²) in [5, 5.41) is 0. The Morgan fingerprint density at radius 3 is 1.33 bits per heavy atom. The molecule has 0 saturated carbocycles. The van der Waals surface area contributed by atoms with Gasteiger partial charge in [-0.1, -0.05) is 59.6 Å². The van der Waals surface area contributed by atoms with Crippen molar-refractivity contribution in [2.24, 2.45) is 11.5 Å². The van der Waals surface area contributed by atoms with Gasteiger partial charge in [-0.3, -0.25) is 0 Å². The third-order valence-corrected chi connectivity index (χ3v) is 3.46. The fourth-order valence-electron chi connectivity index (χ4n) is 1.55. The van der Waals surface area contributed by atoms with Crippen molar-refractivity contribution in [1.82, 2.24) is 0 Å². The van der Waals surface area contributed by atoms with E-state index in [4.69, 9.17) is 11.5 Å².